The monoisotopic (exact) mass is 475 g/mol. The second kappa shape index (κ2) is 9.81. The van der Waals surface area contributed by atoms with Gasteiger partial charge in [0.1, 0.15) is 12.1 Å². The minimum Gasteiger partial charge on any atom is -0.343 e. The molecule has 2 unspecified atom stereocenters. The van der Waals surface area contributed by atoms with E-state index in [-0.39, 0.29) is 12.6 Å². The molecule has 0 saturated carbocycles. The first-order chi connectivity index (χ1) is 16.3. The van der Waals surface area contributed by atoms with Crippen LogP contribution in [0.1, 0.15) is 53.4 Å². The fourth-order valence-corrected chi connectivity index (χ4v) is 5.02. The Labute approximate surface area is 204 Å². The number of rotatable bonds is 8. The smallest absolute Gasteiger partial charge is 0.325 e. The number of thiophene rings is 1. The minimum absolute atomic E-state index is 0.345. The molecule has 0 radical (unpaired) electrons. The van der Waals surface area contributed by atoms with Crippen LogP contribution in [0.15, 0.2) is 66.0 Å². The number of aryl methyl sites for hydroxylation is 2. The molecule has 2 atom stereocenters. The lowest BCUT2D eigenvalue weighted by atomic mass is 9.91. The summed E-state index contributed by atoms with van der Waals surface area (Å²) in [6.45, 7) is 5.42. The molecular formula is C27H29N3O3S. The first kappa shape index (κ1) is 23.7. The molecule has 4 rings (SSSR count). The summed E-state index contributed by atoms with van der Waals surface area (Å²) in [7, 11) is 0. The SMILES string of the molecule is CCCc1ccc(C(NC(=O)CN2C(=O)NC(C)(c3ccc(C)cc3)C2=O)c2cccs2)cc1. The molecule has 2 N–H and O–H groups in total. The molecule has 2 aromatic carbocycles. The van der Waals surface area contributed by atoms with E-state index in [2.05, 4.69) is 29.7 Å². The first-order valence-electron chi connectivity index (χ1n) is 11.4. The molecule has 7 heteroatoms. The molecule has 1 aromatic heterocycles. The lowest BCUT2D eigenvalue weighted by Crippen LogP contribution is -2.44. The Balaban J connectivity index is 1.51. The van der Waals surface area contributed by atoms with Crippen LogP contribution in [-0.2, 0) is 21.5 Å². The van der Waals surface area contributed by atoms with E-state index in [9.17, 15) is 14.4 Å². The highest BCUT2D eigenvalue weighted by molar-refractivity contribution is 7.10. The zero-order chi connectivity index (χ0) is 24.3. The summed E-state index contributed by atoms with van der Waals surface area (Å²) in [5.74, 6) is -0.833. The molecule has 3 aromatic rings. The van der Waals surface area contributed by atoms with Crippen molar-refractivity contribution in [2.75, 3.05) is 6.54 Å². The third-order valence-electron chi connectivity index (χ3n) is 6.19. The predicted octanol–water partition coefficient (Wildman–Crippen LogP) is 4.68. The van der Waals surface area contributed by atoms with Crippen molar-refractivity contribution in [2.24, 2.45) is 0 Å². The number of hydrogen-bond donors (Lipinski definition) is 2. The Morgan fingerprint density at radius 1 is 1.09 bits per heavy atom. The Morgan fingerprint density at radius 3 is 2.41 bits per heavy atom. The van der Waals surface area contributed by atoms with Crippen LogP contribution in [0.5, 0.6) is 0 Å². The summed E-state index contributed by atoms with van der Waals surface area (Å²) in [6.07, 6.45) is 2.07. The number of urea groups is 1. The zero-order valence-corrected chi connectivity index (χ0v) is 20.4. The molecule has 2 heterocycles. The largest absolute Gasteiger partial charge is 0.343 e. The number of amides is 4. The Hall–Kier alpha value is -3.45. The number of carbonyl (C=O) groups is 3. The highest BCUT2D eigenvalue weighted by Crippen LogP contribution is 2.30. The summed E-state index contributed by atoms with van der Waals surface area (Å²) < 4.78 is 0. The fourth-order valence-electron chi connectivity index (χ4n) is 4.21. The summed E-state index contributed by atoms with van der Waals surface area (Å²) in [6, 6.07) is 18.6. The summed E-state index contributed by atoms with van der Waals surface area (Å²) in [4.78, 5) is 40.9. The quantitative estimate of drug-likeness (QED) is 0.464. The molecule has 176 valence electrons. The van der Waals surface area contributed by atoms with Gasteiger partial charge in [-0.3, -0.25) is 14.5 Å². The molecule has 0 aliphatic carbocycles. The highest BCUT2D eigenvalue weighted by Gasteiger charge is 2.49. The van der Waals surface area contributed by atoms with Gasteiger partial charge in [-0.25, -0.2) is 4.79 Å². The number of imide groups is 1. The summed E-state index contributed by atoms with van der Waals surface area (Å²) >= 11 is 1.55. The first-order valence-corrected chi connectivity index (χ1v) is 12.3. The third-order valence-corrected chi connectivity index (χ3v) is 7.13. The van der Waals surface area contributed by atoms with Gasteiger partial charge in [0.15, 0.2) is 0 Å². The molecule has 0 spiro atoms. The molecule has 1 saturated heterocycles. The van der Waals surface area contributed by atoms with Crippen LogP contribution in [0, 0.1) is 6.92 Å². The normalized spacial score (nSPS) is 18.6. The molecule has 34 heavy (non-hydrogen) atoms. The van der Waals surface area contributed by atoms with Gasteiger partial charge in [0.05, 0.1) is 6.04 Å². The van der Waals surface area contributed by atoms with Crippen molar-refractivity contribution in [2.45, 2.75) is 45.2 Å². The van der Waals surface area contributed by atoms with Gasteiger partial charge in [-0.05, 0) is 48.4 Å². The number of carbonyl (C=O) groups excluding carboxylic acids is 3. The Morgan fingerprint density at radius 2 is 1.79 bits per heavy atom. The van der Waals surface area contributed by atoms with Gasteiger partial charge in [0.25, 0.3) is 5.91 Å². The van der Waals surface area contributed by atoms with E-state index in [1.807, 2.05) is 60.8 Å². The molecule has 1 aliphatic heterocycles. The highest BCUT2D eigenvalue weighted by atomic mass is 32.1. The van der Waals surface area contributed by atoms with Crippen molar-refractivity contribution in [3.8, 4) is 0 Å². The van der Waals surface area contributed by atoms with Crippen molar-refractivity contribution in [1.29, 1.82) is 0 Å². The van der Waals surface area contributed by atoms with Gasteiger partial charge in [0.2, 0.25) is 5.91 Å². The van der Waals surface area contributed by atoms with E-state index in [0.717, 1.165) is 33.7 Å². The van der Waals surface area contributed by atoms with E-state index in [1.165, 1.54) is 5.56 Å². The summed E-state index contributed by atoms with van der Waals surface area (Å²) in [5.41, 5.74) is 2.74. The molecule has 1 aliphatic rings. The van der Waals surface area contributed by atoms with E-state index in [0.29, 0.717) is 5.56 Å². The average molecular weight is 476 g/mol. The van der Waals surface area contributed by atoms with Crippen LogP contribution in [0.4, 0.5) is 4.79 Å². The zero-order valence-electron chi connectivity index (χ0n) is 19.6. The molecule has 6 nitrogen and oxygen atoms in total. The average Bonchev–Trinajstić information content (AvgIpc) is 3.42. The van der Waals surface area contributed by atoms with Crippen molar-refractivity contribution in [1.82, 2.24) is 15.5 Å². The van der Waals surface area contributed by atoms with Gasteiger partial charge in [0, 0.05) is 4.88 Å². The van der Waals surface area contributed by atoms with Gasteiger partial charge in [-0.2, -0.15) is 0 Å². The van der Waals surface area contributed by atoms with Gasteiger partial charge in [-0.15, -0.1) is 11.3 Å². The number of nitrogens with one attached hydrogen (secondary N) is 2. The maximum atomic E-state index is 13.2. The van der Waals surface area contributed by atoms with Gasteiger partial charge in [-0.1, -0.05) is 73.5 Å². The van der Waals surface area contributed by atoms with E-state index >= 15 is 0 Å². The number of hydrogen-bond acceptors (Lipinski definition) is 4. The predicted molar refractivity (Wildman–Crippen MR) is 134 cm³/mol. The Bertz CT molecular complexity index is 1170. The topological polar surface area (TPSA) is 78.5 Å². The van der Waals surface area contributed by atoms with Crippen LogP contribution in [0.2, 0.25) is 0 Å². The molecule has 0 bridgehead atoms. The van der Waals surface area contributed by atoms with Crippen LogP contribution in [0.3, 0.4) is 0 Å². The van der Waals surface area contributed by atoms with Crippen molar-refractivity contribution >= 4 is 29.2 Å². The van der Waals surface area contributed by atoms with Gasteiger partial charge < -0.3 is 10.6 Å². The van der Waals surface area contributed by atoms with E-state index in [4.69, 9.17) is 0 Å². The standard InChI is InChI=1S/C27H29N3O3S/c1-4-6-19-10-12-20(13-11-19)24(22-7-5-16-34-22)28-23(31)17-30-25(32)27(3,29-26(30)33)21-14-8-18(2)9-15-21/h5,7-16,24H,4,6,17H2,1-3H3,(H,28,31)(H,29,33). The number of nitrogens with zero attached hydrogens (tertiary/aromatic N) is 1. The van der Waals surface area contributed by atoms with E-state index in [1.54, 1.807) is 18.3 Å². The molecule has 4 amide bonds. The lowest BCUT2D eigenvalue weighted by molar-refractivity contribution is -0.135. The van der Waals surface area contributed by atoms with Crippen molar-refractivity contribution in [3.63, 3.8) is 0 Å². The lowest BCUT2D eigenvalue weighted by Gasteiger charge is -2.23. The van der Waals surface area contributed by atoms with Crippen molar-refractivity contribution < 1.29 is 14.4 Å². The Kier molecular flexibility index (Phi) is 6.84. The van der Waals surface area contributed by atoms with Crippen LogP contribution in [0.25, 0.3) is 0 Å². The summed E-state index contributed by atoms with van der Waals surface area (Å²) in [5, 5.41) is 7.75. The van der Waals surface area contributed by atoms with E-state index < -0.39 is 23.4 Å². The van der Waals surface area contributed by atoms with Crippen LogP contribution < -0.4 is 10.6 Å². The third kappa shape index (κ3) is 4.75. The maximum Gasteiger partial charge on any atom is 0.325 e. The van der Waals surface area contributed by atoms with Crippen LogP contribution in [-0.4, -0.2) is 29.3 Å². The second-order valence-electron chi connectivity index (χ2n) is 8.82. The maximum absolute atomic E-state index is 13.2. The molecule has 1 fully saturated rings. The fraction of sp³-hybridized carbons (Fsp3) is 0.296. The molecular weight excluding hydrogens is 446 g/mol. The second-order valence-corrected chi connectivity index (χ2v) is 9.80. The van der Waals surface area contributed by atoms with Crippen LogP contribution >= 0.6 is 11.3 Å². The van der Waals surface area contributed by atoms with Gasteiger partial charge >= 0.3 is 6.03 Å². The number of benzene rings is 2. The minimum atomic E-state index is -1.20. The van der Waals surface area contributed by atoms with Crippen molar-refractivity contribution in [3.05, 3.63) is 93.2 Å².